The van der Waals surface area contributed by atoms with Gasteiger partial charge in [-0.05, 0) is 45.3 Å². The van der Waals surface area contributed by atoms with Crippen LogP contribution in [0.2, 0.25) is 0 Å². The van der Waals surface area contributed by atoms with Crippen molar-refractivity contribution in [1.29, 1.82) is 0 Å². The van der Waals surface area contributed by atoms with Gasteiger partial charge < -0.3 is 4.42 Å². The standard InChI is InChI=1S/C46H28N4O/c1-4-14-29(15-5-1)42-43-41(38-26-32-20-10-11-21-33(32)27-40(38)51-43)39(28-47-42)36-24-25-37(35-23-13-12-22-34(35)36)46-49-44(30-16-6-2-7-17-30)48-45(50-46)31-18-8-3-9-19-31/h1-28H. The molecule has 3 aromatic heterocycles. The second-order valence-electron chi connectivity index (χ2n) is 12.6. The highest BCUT2D eigenvalue weighted by molar-refractivity contribution is 6.20. The Hall–Kier alpha value is -6.98. The maximum Gasteiger partial charge on any atom is 0.164 e. The Labute approximate surface area is 293 Å². The van der Waals surface area contributed by atoms with Gasteiger partial charge in [0.25, 0.3) is 0 Å². The van der Waals surface area contributed by atoms with E-state index in [0.29, 0.717) is 17.5 Å². The minimum absolute atomic E-state index is 0.619. The number of aromatic nitrogens is 4. The van der Waals surface area contributed by atoms with Crippen LogP contribution in [0.3, 0.4) is 0 Å². The predicted octanol–water partition coefficient (Wildman–Crippen LogP) is 11.8. The lowest BCUT2D eigenvalue weighted by molar-refractivity contribution is 0.669. The fourth-order valence-electron chi connectivity index (χ4n) is 7.13. The molecule has 0 bridgehead atoms. The summed E-state index contributed by atoms with van der Waals surface area (Å²) in [6, 6.07) is 56.0. The molecule has 10 aromatic rings. The van der Waals surface area contributed by atoms with Gasteiger partial charge in [-0.25, -0.2) is 15.0 Å². The lowest BCUT2D eigenvalue weighted by Gasteiger charge is -2.14. The van der Waals surface area contributed by atoms with E-state index in [9.17, 15) is 0 Å². The molecule has 0 spiro atoms. The van der Waals surface area contributed by atoms with Crippen molar-refractivity contribution in [3.05, 3.63) is 170 Å². The van der Waals surface area contributed by atoms with E-state index in [1.807, 2.05) is 85.1 Å². The van der Waals surface area contributed by atoms with E-state index in [1.54, 1.807) is 0 Å². The van der Waals surface area contributed by atoms with Gasteiger partial charge in [0.05, 0.1) is 0 Å². The van der Waals surface area contributed by atoms with E-state index < -0.39 is 0 Å². The first-order valence-corrected chi connectivity index (χ1v) is 17.0. The van der Waals surface area contributed by atoms with Gasteiger partial charge in [0, 0.05) is 44.8 Å². The van der Waals surface area contributed by atoms with Crippen molar-refractivity contribution < 1.29 is 4.42 Å². The smallest absolute Gasteiger partial charge is 0.164 e. The van der Waals surface area contributed by atoms with Crippen LogP contribution >= 0.6 is 0 Å². The molecule has 7 aromatic carbocycles. The fraction of sp³-hybridized carbons (Fsp3) is 0. The van der Waals surface area contributed by atoms with Crippen LogP contribution in [0.1, 0.15) is 0 Å². The molecule has 10 rings (SSSR count). The Balaban J connectivity index is 1.23. The molecule has 0 N–H and O–H groups in total. The molecule has 0 fully saturated rings. The maximum absolute atomic E-state index is 6.73. The lowest BCUT2D eigenvalue weighted by Crippen LogP contribution is -2.00. The second kappa shape index (κ2) is 11.9. The number of nitrogens with zero attached hydrogens (tertiary/aromatic N) is 4. The predicted molar refractivity (Wildman–Crippen MR) is 207 cm³/mol. The van der Waals surface area contributed by atoms with Gasteiger partial charge in [-0.2, -0.15) is 0 Å². The number of furan rings is 1. The molecule has 0 aliphatic rings. The van der Waals surface area contributed by atoms with E-state index in [1.165, 1.54) is 0 Å². The summed E-state index contributed by atoms with van der Waals surface area (Å²) < 4.78 is 6.73. The summed E-state index contributed by atoms with van der Waals surface area (Å²) in [5.74, 6) is 1.88. The summed E-state index contributed by atoms with van der Waals surface area (Å²) in [5.41, 5.74) is 8.31. The van der Waals surface area contributed by atoms with Gasteiger partial charge in [0.2, 0.25) is 0 Å². The summed E-state index contributed by atoms with van der Waals surface area (Å²) in [5, 5.41) is 6.51. The first-order chi connectivity index (χ1) is 25.3. The number of fused-ring (bicyclic) bond motifs is 5. The van der Waals surface area contributed by atoms with Crippen molar-refractivity contribution in [3.8, 4) is 56.5 Å². The van der Waals surface area contributed by atoms with E-state index >= 15 is 0 Å². The molecule has 5 heteroatoms. The average Bonchev–Trinajstić information content (AvgIpc) is 3.58. The van der Waals surface area contributed by atoms with Crippen LogP contribution < -0.4 is 0 Å². The Morgan fingerprint density at radius 3 is 1.55 bits per heavy atom. The third-order valence-electron chi connectivity index (χ3n) is 9.57. The van der Waals surface area contributed by atoms with Gasteiger partial charge >= 0.3 is 0 Å². The Bertz CT molecular complexity index is 2840. The second-order valence-corrected chi connectivity index (χ2v) is 12.6. The zero-order chi connectivity index (χ0) is 33.7. The fourth-order valence-corrected chi connectivity index (χ4v) is 7.13. The van der Waals surface area contributed by atoms with Crippen molar-refractivity contribution in [2.45, 2.75) is 0 Å². The normalized spacial score (nSPS) is 11.5. The van der Waals surface area contributed by atoms with Crippen molar-refractivity contribution in [1.82, 2.24) is 19.9 Å². The highest BCUT2D eigenvalue weighted by atomic mass is 16.3. The minimum Gasteiger partial charge on any atom is -0.454 e. The van der Waals surface area contributed by atoms with Gasteiger partial charge in [-0.1, -0.05) is 146 Å². The van der Waals surface area contributed by atoms with E-state index in [2.05, 4.69) is 84.9 Å². The Morgan fingerprint density at radius 1 is 0.392 bits per heavy atom. The number of hydrogen-bond donors (Lipinski definition) is 0. The third-order valence-corrected chi connectivity index (χ3v) is 9.57. The molecule has 3 heterocycles. The van der Waals surface area contributed by atoms with Crippen LogP contribution in [0.15, 0.2) is 174 Å². The SMILES string of the molecule is c1ccc(-c2nc(-c3ccccc3)nc(-c3ccc(-c4cnc(-c5ccccc5)c5oc6cc7ccccc7cc6c45)c4ccccc34)n2)cc1. The molecule has 0 amide bonds. The molecule has 0 saturated carbocycles. The molecule has 0 unspecified atom stereocenters. The van der Waals surface area contributed by atoms with Crippen LogP contribution in [0.4, 0.5) is 0 Å². The minimum atomic E-state index is 0.619. The van der Waals surface area contributed by atoms with Gasteiger partial charge in [-0.15, -0.1) is 0 Å². The molecule has 0 aliphatic heterocycles. The molecular formula is C46H28N4O. The van der Waals surface area contributed by atoms with Crippen LogP contribution in [-0.4, -0.2) is 19.9 Å². The first kappa shape index (κ1) is 29.0. The van der Waals surface area contributed by atoms with Crippen LogP contribution in [0, 0.1) is 0 Å². The number of rotatable bonds is 5. The van der Waals surface area contributed by atoms with Crippen LogP contribution in [0.5, 0.6) is 0 Å². The highest BCUT2D eigenvalue weighted by Crippen LogP contribution is 2.44. The molecule has 0 saturated heterocycles. The molecular weight excluding hydrogens is 625 g/mol. The summed E-state index contributed by atoms with van der Waals surface area (Å²) in [4.78, 5) is 20.1. The van der Waals surface area contributed by atoms with Crippen LogP contribution in [-0.2, 0) is 0 Å². The van der Waals surface area contributed by atoms with Crippen molar-refractivity contribution in [2.24, 2.45) is 0 Å². The topological polar surface area (TPSA) is 64.7 Å². The molecule has 0 atom stereocenters. The zero-order valence-corrected chi connectivity index (χ0v) is 27.4. The van der Waals surface area contributed by atoms with Gasteiger partial charge in [0.1, 0.15) is 11.3 Å². The molecule has 238 valence electrons. The number of pyridine rings is 1. The van der Waals surface area contributed by atoms with Crippen molar-refractivity contribution >= 4 is 43.5 Å². The maximum atomic E-state index is 6.73. The Morgan fingerprint density at radius 2 is 0.902 bits per heavy atom. The zero-order valence-electron chi connectivity index (χ0n) is 27.4. The van der Waals surface area contributed by atoms with E-state index in [0.717, 1.165) is 82.6 Å². The van der Waals surface area contributed by atoms with Gasteiger partial charge in [-0.3, -0.25) is 4.98 Å². The summed E-state index contributed by atoms with van der Waals surface area (Å²) in [6.45, 7) is 0. The van der Waals surface area contributed by atoms with Crippen LogP contribution in [0.25, 0.3) is 100 Å². The van der Waals surface area contributed by atoms with E-state index in [-0.39, 0.29) is 0 Å². The van der Waals surface area contributed by atoms with E-state index in [4.69, 9.17) is 24.4 Å². The Kier molecular flexibility index (Phi) is 6.74. The molecule has 0 radical (unpaired) electrons. The molecule has 0 aliphatic carbocycles. The third kappa shape index (κ3) is 4.94. The monoisotopic (exact) mass is 652 g/mol. The largest absolute Gasteiger partial charge is 0.454 e. The summed E-state index contributed by atoms with van der Waals surface area (Å²) >= 11 is 0. The summed E-state index contributed by atoms with van der Waals surface area (Å²) in [7, 11) is 0. The molecule has 5 nitrogen and oxygen atoms in total. The average molecular weight is 653 g/mol. The van der Waals surface area contributed by atoms with Crippen molar-refractivity contribution in [2.75, 3.05) is 0 Å². The number of benzene rings is 7. The highest BCUT2D eigenvalue weighted by Gasteiger charge is 2.22. The lowest BCUT2D eigenvalue weighted by atomic mass is 9.92. The first-order valence-electron chi connectivity index (χ1n) is 17.0. The van der Waals surface area contributed by atoms with Crippen molar-refractivity contribution in [3.63, 3.8) is 0 Å². The quantitative estimate of drug-likeness (QED) is 0.185. The van der Waals surface area contributed by atoms with Gasteiger partial charge in [0.15, 0.2) is 23.1 Å². The summed E-state index contributed by atoms with van der Waals surface area (Å²) in [6.07, 6.45) is 2.00. The number of hydrogen-bond acceptors (Lipinski definition) is 5. The molecule has 51 heavy (non-hydrogen) atoms.